The first kappa shape index (κ1) is 17.8. The Hall–Kier alpha value is -1.50. The van der Waals surface area contributed by atoms with E-state index in [0.717, 1.165) is 54.1 Å². The molecule has 1 aliphatic heterocycles. The molecule has 1 aromatic heterocycles. The van der Waals surface area contributed by atoms with Crippen LogP contribution in [0.3, 0.4) is 0 Å². The average Bonchev–Trinajstić information content (AvgIpc) is 3.04. The van der Waals surface area contributed by atoms with Crippen molar-refractivity contribution in [1.29, 1.82) is 0 Å². The predicted molar refractivity (Wildman–Crippen MR) is 97.6 cm³/mol. The maximum Gasteiger partial charge on any atom is 0.185 e. The van der Waals surface area contributed by atoms with Crippen LogP contribution in [0.1, 0.15) is 0 Å². The summed E-state index contributed by atoms with van der Waals surface area (Å²) in [4.78, 5) is 9.49. The third kappa shape index (κ3) is 3.88. The molecule has 0 amide bonds. The number of likely N-dealkylation sites (N-methyl/N-ethyl adjacent to an activating group) is 1. The van der Waals surface area contributed by atoms with Gasteiger partial charge in [-0.3, -0.25) is 0 Å². The van der Waals surface area contributed by atoms with Gasteiger partial charge in [0.2, 0.25) is 0 Å². The fraction of sp³-hybridized carbons (Fsp3) is 0.438. The Morgan fingerprint density at radius 1 is 1.09 bits per heavy atom. The van der Waals surface area contributed by atoms with Crippen molar-refractivity contribution in [3.63, 3.8) is 0 Å². The van der Waals surface area contributed by atoms with Crippen molar-refractivity contribution >= 4 is 28.9 Å². The zero-order valence-corrected chi connectivity index (χ0v) is 15.2. The predicted octanol–water partition coefficient (Wildman–Crippen LogP) is 3.00. The van der Waals surface area contributed by atoms with Gasteiger partial charge in [0.1, 0.15) is 11.5 Å². The highest BCUT2D eigenvalue weighted by Crippen LogP contribution is 2.35. The quantitative estimate of drug-likeness (QED) is 0.842. The Morgan fingerprint density at radius 3 is 2.48 bits per heavy atom. The number of hydrogen-bond donors (Lipinski definition) is 0. The highest BCUT2D eigenvalue weighted by molar-refractivity contribution is 7.14. The van der Waals surface area contributed by atoms with Crippen LogP contribution >= 0.6 is 23.7 Å². The highest BCUT2D eigenvalue weighted by atomic mass is 35.5. The molecule has 1 fully saturated rings. The maximum atomic E-state index is 5.48. The molecular weight excluding hydrogens is 334 g/mol. The molecule has 0 atom stereocenters. The van der Waals surface area contributed by atoms with E-state index in [-0.39, 0.29) is 12.4 Å². The topological polar surface area (TPSA) is 37.8 Å². The summed E-state index contributed by atoms with van der Waals surface area (Å²) >= 11 is 1.69. The summed E-state index contributed by atoms with van der Waals surface area (Å²) in [5.41, 5.74) is 1.96. The zero-order chi connectivity index (χ0) is 15.5. The lowest BCUT2D eigenvalue weighted by Crippen LogP contribution is -2.44. The minimum Gasteiger partial charge on any atom is -0.497 e. The van der Waals surface area contributed by atoms with Crippen LogP contribution < -0.4 is 14.4 Å². The highest BCUT2D eigenvalue weighted by Gasteiger charge is 2.18. The Balaban J connectivity index is 0.00000192. The van der Waals surface area contributed by atoms with Crippen molar-refractivity contribution in [3.8, 4) is 22.8 Å². The monoisotopic (exact) mass is 355 g/mol. The van der Waals surface area contributed by atoms with Gasteiger partial charge in [0.25, 0.3) is 0 Å². The summed E-state index contributed by atoms with van der Waals surface area (Å²) in [7, 11) is 5.49. The van der Waals surface area contributed by atoms with E-state index in [9.17, 15) is 0 Å². The van der Waals surface area contributed by atoms with E-state index in [1.807, 2.05) is 18.2 Å². The molecule has 1 aliphatic rings. The SMILES string of the molecule is COc1ccc(-c2csc(N3CCN(C)CC3)n2)c(OC)c1.Cl. The van der Waals surface area contributed by atoms with Crippen LogP contribution in [0.5, 0.6) is 11.5 Å². The number of ether oxygens (including phenoxy) is 2. The van der Waals surface area contributed by atoms with Crippen LogP contribution in [0.15, 0.2) is 23.6 Å². The van der Waals surface area contributed by atoms with E-state index in [2.05, 4.69) is 22.2 Å². The normalized spacial score (nSPS) is 15.2. The van der Waals surface area contributed by atoms with E-state index in [0.29, 0.717) is 0 Å². The molecule has 126 valence electrons. The van der Waals surface area contributed by atoms with E-state index in [1.165, 1.54) is 0 Å². The second-order valence-electron chi connectivity index (χ2n) is 5.37. The van der Waals surface area contributed by atoms with Crippen LogP contribution in [0.25, 0.3) is 11.3 Å². The van der Waals surface area contributed by atoms with Gasteiger partial charge >= 0.3 is 0 Å². The van der Waals surface area contributed by atoms with Crippen molar-refractivity contribution in [2.75, 3.05) is 52.3 Å². The third-order valence-electron chi connectivity index (χ3n) is 3.95. The summed E-state index contributed by atoms with van der Waals surface area (Å²) in [6.07, 6.45) is 0. The van der Waals surface area contributed by atoms with Gasteiger partial charge in [0.15, 0.2) is 5.13 Å². The summed E-state index contributed by atoms with van der Waals surface area (Å²) < 4.78 is 10.7. The molecule has 0 spiro atoms. The lowest BCUT2D eigenvalue weighted by molar-refractivity contribution is 0.313. The molecule has 0 bridgehead atoms. The number of aromatic nitrogens is 1. The molecule has 1 aromatic carbocycles. The minimum atomic E-state index is 0. The van der Waals surface area contributed by atoms with E-state index in [1.54, 1.807) is 25.6 Å². The van der Waals surface area contributed by atoms with Gasteiger partial charge in [-0.05, 0) is 19.2 Å². The molecule has 0 N–H and O–H groups in total. The van der Waals surface area contributed by atoms with Crippen LogP contribution in [0, 0.1) is 0 Å². The van der Waals surface area contributed by atoms with Gasteiger partial charge in [0, 0.05) is 43.2 Å². The molecule has 0 aliphatic carbocycles. The van der Waals surface area contributed by atoms with E-state index in [4.69, 9.17) is 14.5 Å². The first-order valence-electron chi connectivity index (χ1n) is 7.32. The molecule has 0 radical (unpaired) electrons. The van der Waals surface area contributed by atoms with Crippen molar-refractivity contribution in [2.24, 2.45) is 0 Å². The van der Waals surface area contributed by atoms with Gasteiger partial charge in [-0.1, -0.05) is 0 Å². The average molecular weight is 356 g/mol. The van der Waals surface area contributed by atoms with E-state index >= 15 is 0 Å². The van der Waals surface area contributed by atoms with Crippen LogP contribution in [0.2, 0.25) is 0 Å². The number of thiazole rings is 1. The fourth-order valence-electron chi connectivity index (χ4n) is 2.54. The number of methoxy groups -OCH3 is 2. The molecule has 1 saturated heterocycles. The Bertz CT molecular complexity index is 642. The lowest BCUT2D eigenvalue weighted by Gasteiger charge is -2.32. The van der Waals surface area contributed by atoms with Crippen LogP contribution in [-0.4, -0.2) is 57.3 Å². The molecule has 7 heteroatoms. The summed E-state index contributed by atoms with van der Waals surface area (Å²) in [6.45, 7) is 4.23. The minimum absolute atomic E-state index is 0. The second kappa shape index (κ2) is 7.86. The number of halogens is 1. The number of piperazine rings is 1. The molecule has 5 nitrogen and oxygen atoms in total. The molecule has 0 unspecified atom stereocenters. The summed E-state index contributed by atoms with van der Waals surface area (Å²) in [5.74, 6) is 1.57. The Kier molecular flexibility index (Phi) is 6.10. The zero-order valence-electron chi connectivity index (χ0n) is 13.6. The molecule has 2 aromatic rings. The van der Waals surface area contributed by atoms with Crippen molar-refractivity contribution in [2.45, 2.75) is 0 Å². The molecule has 0 saturated carbocycles. The molecule has 23 heavy (non-hydrogen) atoms. The largest absolute Gasteiger partial charge is 0.497 e. The van der Waals surface area contributed by atoms with Crippen molar-refractivity contribution in [1.82, 2.24) is 9.88 Å². The molecular formula is C16H22ClN3O2S. The standard InChI is InChI=1S/C16H21N3O2S.ClH/c1-18-6-8-19(9-7-18)16-17-14(11-22-16)13-5-4-12(20-2)10-15(13)21-3;/h4-5,10-11H,6-9H2,1-3H3;1H. The van der Waals surface area contributed by atoms with Crippen molar-refractivity contribution < 1.29 is 9.47 Å². The first-order valence-corrected chi connectivity index (χ1v) is 8.20. The number of hydrogen-bond acceptors (Lipinski definition) is 6. The third-order valence-corrected chi connectivity index (χ3v) is 4.85. The lowest BCUT2D eigenvalue weighted by atomic mass is 10.1. The van der Waals surface area contributed by atoms with Crippen LogP contribution in [-0.2, 0) is 0 Å². The number of anilines is 1. The Labute approximate surface area is 147 Å². The van der Waals surface area contributed by atoms with E-state index < -0.39 is 0 Å². The fourth-order valence-corrected chi connectivity index (χ4v) is 3.42. The molecule has 2 heterocycles. The van der Waals surface area contributed by atoms with Crippen LogP contribution in [0.4, 0.5) is 5.13 Å². The summed E-state index contributed by atoms with van der Waals surface area (Å²) in [5, 5.41) is 3.18. The number of benzene rings is 1. The smallest absolute Gasteiger partial charge is 0.185 e. The summed E-state index contributed by atoms with van der Waals surface area (Å²) in [6, 6.07) is 5.83. The van der Waals surface area contributed by atoms with Gasteiger partial charge in [-0.25, -0.2) is 4.98 Å². The first-order chi connectivity index (χ1) is 10.7. The van der Waals surface area contributed by atoms with Gasteiger partial charge in [-0.15, -0.1) is 23.7 Å². The number of nitrogens with zero attached hydrogens (tertiary/aromatic N) is 3. The van der Waals surface area contributed by atoms with Gasteiger partial charge in [0.05, 0.1) is 19.9 Å². The maximum absolute atomic E-state index is 5.48. The Morgan fingerprint density at radius 2 is 1.83 bits per heavy atom. The van der Waals surface area contributed by atoms with Gasteiger partial charge in [-0.2, -0.15) is 0 Å². The van der Waals surface area contributed by atoms with Gasteiger partial charge < -0.3 is 19.3 Å². The second-order valence-corrected chi connectivity index (χ2v) is 6.21. The molecule has 3 rings (SSSR count). The van der Waals surface area contributed by atoms with Crippen molar-refractivity contribution in [3.05, 3.63) is 23.6 Å². The number of rotatable bonds is 4.